The molecule has 1 saturated heterocycles. The van der Waals surface area contributed by atoms with Gasteiger partial charge in [-0.25, -0.2) is 0 Å². The van der Waals surface area contributed by atoms with Crippen molar-refractivity contribution in [2.75, 3.05) is 6.54 Å². The molecule has 2 rings (SSSR count). The molecule has 1 unspecified atom stereocenters. The number of benzene rings is 1. The van der Waals surface area contributed by atoms with Gasteiger partial charge in [-0.1, -0.05) is 0 Å². The summed E-state index contributed by atoms with van der Waals surface area (Å²) in [5.74, 6) is 0.400. The van der Waals surface area contributed by atoms with Crippen LogP contribution in [-0.2, 0) is 0 Å². The summed E-state index contributed by atoms with van der Waals surface area (Å²) in [5, 5.41) is 13.5. The van der Waals surface area contributed by atoms with E-state index in [1.165, 1.54) is 17.5 Å². The zero-order valence-corrected chi connectivity index (χ0v) is 10.7. The first kappa shape index (κ1) is 11.0. The fourth-order valence-corrected chi connectivity index (χ4v) is 2.80. The summed E-state index contributed by atoms with van der Waals surface area (Å²) >= 11 is 3.40. The van der Waals surface area contributed by atoms with Crippen molar-refractivity contribution >= 4 is 15.9 Å². The van der Waals surface area contributed by atoms with E-state index in [1.807, 2.05) is 6.07 Å². The van der Waals surface area contributed by atoms with Crippen molar-refractivity contribution in [3.8, 4) is 5.75 Å². The van der Waals surface area contributed by atoms with Gasteiger partial charge in [-0.2, -0.15) is 0 Å². The number of hydrogen-bond donors (Lipinski definition) is 2. The Hall–Kier alpha value is -0.540. The lowest BCUT2D eigenvalue weighted by Crippen LogP contribution is -2.14. The minimum atomic E-state index is 0.321. The van der Waals surface area contributed by atoms with Crippen molar-refractivity contribution in [3.63, 3.8) is 0 Å². The first-order valence-electron chi connectivity index (χ1n) is 5.33. The first-order chi connectivity index (χ1) is 7.11. The maximum absolute atomic E-state index is 10.1. The van der Waals surface area contributed by atoms with Crippen molar-refractivity contribution in [1.29, 1.82) is 0 Å². The van der Waals surface area contributed by atoms with Gasteiger partial charge in [-0.15, -0.1) is 0 Å². The molecular weight excluding hydrogens is 254 g/mol. The molecule has 1 aromatic carbocycles. The van der Waals surface area contributed by atoms with E-state index < -0.39 is 0 Å². The summed E-state index contributed by atoms with van der Waals surface area (Å²) in [6.45, 7) is 5.21. The van der Waals surface area contributed by atoms with Crippen LogP contribution in [-0.4, -0.2) is 11.7 Å². The molecule has 2 nitrogen and oxygen atoms in total. The molecule has 1 aliphatic heterocycles. The summed E-state index contributed by atoms with van der Waals surface area (Å²) in [5.41, 5.74) is 3.50. The summed E-state index contributed by atoms with van der Waals surface area (Å²) in [7, 11) is 0. The van der Waals surface area contributed by atoms with Gasteiger partial charge in [-0.3, -0.25) is 0 Å². The van der Waals surface area contributed by atoms with Crippen LogP contribution >= 0.6 is 15.9 Å². The van der Waals surface area contributed by atoms with E-state index >= 15 is 0 Å². The Labute approximate surface area is 98.8 Å². The van der Waals surface area contributed by atoms with Gasteiger partial charge in [0.25, 0.3) is 0 Å². The molecule has 15 heavy (non-hydrogen) atoms. The van der Waals surface area contributed by atoms with E-state index in [0.717, 1.165) is 23.0 Å². The Morgan fingerprint density at radius 3 is 2.80 bits per heavy atom. The summed E-state index contributed by atoms with van der Waals surface area (Å²) in [4.78, 5) is 0. The largest absolute Gasteiger partial charge is 0.506 e. The van der Waals surface area contributed by atoms with E-state index in [-0.39, 0.29) is 0 Å². The quantitative estimate of drug-likeness (QED) is 0.821. The molecule has 0 aromatic heterocycles. The average Bonchev–Trinajstić information content (AvgIpc) is 2.69. The molecule has 0 amide bonds. The van der Waals surface area contributed by atoms with Crippen molar-refractivity contribution in [2.45, 2.75) is 32.7 Å². The highest BCUT2D eigenvalue weighted by Crippen LogP contribution is 2.39. The Morgan fingerprint density at radius 1 is 1.47 bits per heavy atom. The molecule has 3 heteroatoms. The molecule has 1 aliphatic rings. The van der Waals surface area contributed by atoms with Crippen LogP contribution in [0.1, 0.15) is 35.6 Å². The standard InChI is InChI=1S/C12H16BrNO/c1-7-6-9(13)12(15)11(8(7)2)10-4-3-5-14-10/h6,10,14-15H,3-5H2,1-2H3. The Balaban J connectivity index is 2.52. The van der Waals surface area contributed by atoms with Crippen LogP contribution in [0.15, 0.2) is 10.5 Å². The fourth-order valence-electron chi connectivity index (χ4n) is 2.24. The molecule has 1 heterocycles. The summed E-state index contributed by atoms with van der Waals surface area (Å²) in [6.07, 6.45) is 2.30. The normalized spacial score (nSPS) is 20.9. The number of halogens is 1. The third-order valence-electron chi connectivity index (χ3n) is 3.23. The van der Waals surface area contributed by atoms with Gasteiger partial charge in [0.2, 0.25) is 0 Å². The van der Waals surface area contributed by atoms with Crippen LogP contribution in [0.3, 0.4) is 0 Å². The molecule has 0 aliphatic carbocycles. The number of aromatic hydroxyl groups is 1. The summed E-state index contributed by atoms with van der Waals surface area (Å²) < 4.78 is 0.800. The third kappa shape index (κ3) is 1.91. The maximum atomic E-state index is 10.1. The number of hydrogen-bond acceptors (Lipinski definition) is 2. The highest BCUT2D eigenvalue weighted by Gasteiger charge is 2.23. The number of phenols is 1. The molecule has 1 atom stereocenters. The fraction of sp³-hybridized carbons (Fsp3) is 0.500. The van der Waals surface area contributed by atoms with Crippen molar-refractivity contribution in [1.82, 2.24) is 5.32 Å². The second kappa shape index (κ2) is 4.14. The van der Waals surface area contributed by atoms with Crippen LogP contribution < -0.4 is 5.32 Å². The van der Waals surface area contributed by atoms with Crippen molar-refractivity contribution in [3.05, 3.63) is 27.2 Å². The zero-order valence-electron chi connectivity index (χ0n) is 9.10. The number of phenolic OH excluding ortho intramolecular Hbond substituents is 1. The summed E-state index contributed by atoms with van der Waals surface area (Å²) in [6, 6.07) is 2.30. The number of rotatable bonds is 1. The van der Waals surface area contributed by atoms with E-state index in [2.05, 4.69) is 35.1 Å². The van der Waals surface area contributed by atoms with E-state index in [1.54, 1.807) is 0 Å². The molecule has 0 spiro atoms. The number of aryl methyl sites for hydroxylation is 1. The third-order valence-corrected chi connectivity index (χ3v) is 3.83. The highest BCUT2D eigenvalue weighted by molar-refractivity contribution is 9.10. The van der Waals surface area contributed by atoms with Gasteiger partial charge in [-0.05, 0) is 66.4 Å². The second-order valence-corrected chi connectivity index (χ2v) is 5.07. The lowest BCUT2D eigenvalue weighted by Gasteiger charge is -2.18. The minimum absolute atomic E-state index is 0.321. The molecule has 82 valence electrons. The Bertz CT molecular complexity index is 357. The highest BCUT2D eigenvalue weighted by atomic mass is 79.9. The van der Waals surface area contributed by atoms with E-state index in [9.17, 15) is 5.11 Å². The predicted octanol–water partition coefficient (Wildman–Crippen LogP) is 3.20. The van der Waals surface area contributed by atoms with Gasteiger partial charge in [0.1, 0.15) is 5.75 Å². The molecule has 2 N–H and O–H groups in total. The first-order valence-corrected chi connectivity index (χ1v) is 6.12. The van der Waals surface area contributed by atoms with Crippen LogP contribution in [0.25, 0.3) is 0 Å². The Morgan fingerprint density at radius 2 is 2.20 bits per heavy atom. The zero-order chi connectivity index (χ0) is 11.0. The average molecular weight is 270 g/mol. The predicted molar refractivity (Wildman–Crippen MR) is 65.3 cm³/mol. The van der Waals surface area contributed by atoms with Crippen molar-refractivity contribution < 1.29 is 5.11 Å². The van der Waals surface area contributed by atoms with Crippen LogP contribution in [0.4, 0.5) is 0 Å². The Kier molecular flexibility index (Phi) is 3.03. The second-order valence-electron chi connectivity index (χ2n) is 4.21. The maximum Gasteiger partial charge on any atom is 0.134 e. The van der Waals surface area contributed by atoms with Crippen LogP contribution in [0.5, 0.6) is 5.75 Å². The van der Waals surface area contributed by atoms with Gasteiger partial charge < -0.3 is 10.4 Å². The van der Waals surface area contributed by atoms with Gasteiger partial charge in [0.15, 0.2) is 0 Å². The minimum Gasteiger partial charge on any atom is -0.506 e. The lowest BCUT2D eigenvalue weighted by atomic mass is 9.95. The molecule has 0 radical (unpaired) electrons. The molecule has 0 saturated carbocycles. The van der Waals surface area contributed by atoms with Gasteiger partial charge in [0, 0.05) is 11.6 Å². The molecular formula is C12H16BrNO. The van der Waals surface area contributed by atoms with E-state index in [0.29, 0.717) is 11.8 Å². The van der Waals surface area contributed by atoms with Crippen LogP contribution in [0, 0.1) is 13.8 Å². The smallest absolute Gasteiger partial charge is 0.134 e. The van der Waals surface area contributed by atoms with Crippen molar-refractivity contribution in [2.24, 2.45) is 0 Å². The monoisotopic (exact) mass is 269 g/mol. The number of nitrogens with one attached hydrogen (secondary N) is 1. The van der Waals surface area contributed by atoms with Gasteiger partial charge in [0.05, 0.1) is 4.47 Å². The molecule has 1 aromatic rings. The molecule has 0 bridgehead atoms. The topological polar surface area (TPSA) is 32.3 Å². The van der Waals surface area contributed by atoms with Crippen LogP contribution in [0.2, 0.25) is 0 Å². The molecule has 1 fully saturated rings. The van der Waals surface area contributed by atoms with Gasteiger partial charge >= 0.3 is 0 Å². The van der Waals surface area contributed by atoms with E-state index in [4.69, 9.17) is 0 Å². The lowest BCUT2D eigenvalue weighted by molar-refractivity contribution is 0.452. The SMILES string of the molecule is Cc1cc(Br)c(O)c(C2CCCN2)c1C.